The number of nitrogens with zero attached hydrogens (tertiary/aromatic N) is 1. The normalized spacial score (nSPS) is 11.3. The first kappa shape index (κ1) is 16.6. The van der Waals surface area contributed by atoms with Gasteiger partial charge in [0.25, 0.3) is 0 Å². The van der Waals surface area contributed by atoms with Gasteiger partial charge in [-0.2, -0.15) is 0 Å². The molecule has 0 fully saturated rings. The van der Waals surface area contributed by atoms with Crippen molar-refractivity contribution in [1.82, 2.24) is 4.57 Å². The van der Waals surface area contributed by atoms with Crippen molar-refractivity contribution in [3.63, 3.8) is 0 Å². The number of hydrogen-bond acceptors (Lipinski definition) is 3. The largest absolute Gasteiger partial charge is 0.494 e. The van der Waals surface area contributed by atoms with Gasteiger partial charge in [0.1, 0.15) is 11.4 Å². The SMILES string of the molecule is CCOc1ccc(-c2cc(Br)cn2C(=O)OC(C)(C)C)cc1. The number of hydrogen-bond donors (Lipinski definition) is 0. The van der Waals surface area contributed by atoms with E-state index in [0.29, 0.717) is 6.61 Å². The van der Waals surface area contributed by atoms with Gasteiger partial charge in [-0.15, -0.1) is 0 Å². The molecule has 0 aliphatic heterocycles. The predicted octanol–water partition coefficient (Wildman–Crippen LogP) is 5.10. The average molecular weight is 366 g/mol. The van der Waals surface area contributed by atoms with E-state index >= 15 is 0 Å². The molecule has 0 atom stereocenters. The Kier molecular flexibility index (Phi) is 4.96. The molecular weight excluding hydrogens is 346 g/mol. The number of carbonyl (C=O) groups excluding carboxylic acids is 1. The molecule has 0 amide bonds. The number of aromatic nitrogens is 1. The van der Waals surface area contributed by atoms with Crippen molar-refractivity contribution in [2.45, 2.75) is 33.3 Å². The molecule has 1 aromatic carbocycles. The molecule has 0 aliphatic carbocycles. The first-order chi connectivity index (χ1) is 10.3. The van der Waals surface area contributed by atoms with E-state index in [9.17, 15) is 4.79 Å². The molecule has 0 N–H and O–H groups in total. The third-order valence-corrected chi connectivity index (χ3v) is 3.27. The molecule has 0 radical (unpaired) electrons. The number of rotatable bonds is 3. The minimum absolute atomic E-state index is 0.401. The molecule has 0 unspecified atom stereocenters. The number of carbonyl (C=O) groups is 1. The van der Waals surface area contributed by atoms with Gasteiger partial charge in [-0.25, -0.2) is 4.79 Å². The summed E-state index contributed by atoms with van der Waals surface area (Å²) in [5.41, 5.74) is 1.15. The van der Waals surface area contributed by atoms with Crippen molar-refractivity contribution in [1.29, 1.82) is 0 Å². The third kappa shape index (κ3) is 4.13. The molecule has 0 spiro atoms. The summed E-state index contributed by atoms with van der Waals surface area (Å²) in [5, 5.41) is 0. The van der Waals surface area contributed by atoms with E-state index in [1.165, 1.54) is 4.57 Å². The Morgan fingerprint density at radius 1 is 1.23 bits per heavy atom. The monoisotopic (exact) mass is 365 g/mol. The van der Waals surface area contributed by atoms with Crippen LogP contribution in [0.2, 0.25) is 0 Å². The molecule has 1 heterocycles. The molecule has 5 heteroatoms. The second-order valence-corrected chi connectivity index (χ2v) is 6.77. The molecule has 2 aromatic rings. The average Bonchev–Trinajstić information content (AvgIpc) is 2.80. The van der Waals surface area contributed by atoms with E-state index in [-0.39, 0.29) is 0 Å². The highest BCUT2D eigenvalue weighted by atomic mass is 79.9. The summed E-state index contributed by atoms with van der Waals surface area (Å²) in [5.74, 6) is 0.806. The summed E-state index contributed by atoms with van der Waals surface area (Å²) in [6.07, 6.45) is 1.31. The zero-order valence-corrected chi connectivity index (χ0v) is 14.8. The second-order valence-electron chi connectivity index (χ2n) is 5.85. The lowest BCUT2D eigenvalue weighted by Gasteiger charge is -2.20. The fourth-order valence-corrected chi connectivity index (χ4v) is 2.43. The van der Waals surface area contributed by atoms with E-state index < -0.39 is 11.7 Å². The predicted molar refractivity (Wildman–Crippen MR) is 90.4 cm³/mol. The lowest BCUT2D eigenvalue weighted by molar-refractivity contribution is 0.0540. The Morgan fingerprint density at radius 3 is 2.41 bits per heavy atom. The lowest BCUT2D eigenvalue weighted by atomic mass is 10.1. The Hall–Kier alpha value is -1.75. The van der Waals surface area contributed by atoms with Gasteiger partial charge < -0.3 is 9.47 Å². The van der Waals surface area contributed by atoms with Gasteiger partial charge in [-0.3, -0.25) is 4.57 Å². The molecule has 1 aromatic heterocycles. The third-order valence-electron chi connectivity index (χ3n) is 2.84. The molecule has 118 valence electrons. The van der Waals surface area contributed by atoms with Crippen LogP contribution in [0.1, 0.15) is 27.7 Å². The maximum absolute atomic E-state index is 12.3. The Labute approximate surface area is 139 Å². The smallest absolute Gasteiger partial charge is 0.419 e. The van der Waals surface area contributed by atoms with Crippen LogP contribution in [0.15, 0.2) is 41.0 Å². The van der Waals surface area contributed by atoms with Crippen LogP contribution < -0.4 is 4.74 Å². The number of ether oxygens (including phenoxy) is 2. The van der Waals surface area contributed by atoms with Gasteiger partial charge in [-0.05, 0) is 79.5 Å². The van der Waals surface area contributed by atoms with E-state index in [4.69, 9.17) is 9.47 Å². The molecule has 0 bridgehead atoms. The quantitative estimate of drug-likeness (QED) is 0.759. The van der Waals surface area contributed by atoms with Crippen molar-refractivity contribution < 1.29 is 14.3 Å². The topological polar surface area (TPSA) is 40.5 Å². The first-order valence-electron chi connectivity index (χ1n) is 7.14. The molecule has 22 heavy (non-hydrogen) atoms. The summed E-state index contributed by atoms with van der Waals surface area (Å²) in [7, 11) is 0. The van der Waals surface area contributed by atoms with Crippen LogP contribution in [-0.2, 0) is 4.74 Å². The fourth-order valence-electron chi connectivity index (χ4n) is 2.00. The van der Waals surface area contributed by atoms with Crippen molar-refractivity contribution >= 4 is 22.0 Å². The van der Waals surface area contributed by atoms with E-state index in [1.54, 1.807) is 6.20 Å². The highest BCUT2D eigenvalue weighted by Crippen LogP contribution is 2.28. The standard InChI is InChI=1S/C17H20BrNO3/c1-5-21-14-8-6-12(7-9-14)15-10-13(18)11-19(15)16(20)22-17(2,3)4/h6-11H,5H2,1-4H3. The minimum Gasteiger partial charge on any atom is -0.494 e. The molecular formula is C17H20BrNO3. The second kappa shape index (κ2) is 6.57. The highest BCUT2D eigenvalue weighted by Gasteiger charge is 2.20. The van der Waals surface area contributed by atoms with Gasteiger partial charge >= 0.3 is 6.09 Å². The van der Waals surface area contributed by atoms with Gasteiger partial charge in [0.05, 0.1) is 12.3 Å². The Bertz CT molecular complexity index is 654. The summed E-state index contributed by atoms with van der Waals surface area (Å²) in [6.45, 7) is 8.11. The van der Waals surface area contributed by atoms with Gasteiger partial charge in [0.2, 0.25) is 0 Å². The van der Waals surface area contributed by atoms with Crippen LogP contribution >= 0.6 is 15.9 Å². The fraction of sp³-hybridized carbons (Fsp3) is 0.353. The maximum atomic E-state index is 12.3. The summed E-state index contributed by atoms with van der Waals surface area (Å²) in [6, 6.07) is 9.51. The maximum Gasteiger partial charge on any atom is 0.419 e. The van der Waals surface area contributed by atoms with Crippen molar-refractivity contribution in [2.24, 2.45) is 0 Å². The molecule has 2 rings (SSSR count). The van der Waals surface area contributed by atoms with Crippen LogP contribution in [0, 0.1) is 0 Å². The van der Waals surface area contributed by atoms with Gasteiger partial charge in [-0.1, -0.05) is 0 Å². The zero-order chi connectivity index (χ0) is 16.3. The van der Waals surface area contributed by atoms with Crippen molar-refractivity contribution in [3.05, 3.63) is 41.0 Å². The minimum atomic E-state index is -0.538. The zero-order valence-electron chi connectivity index (χ0n) is 13.2. The van der Waals surface area contributed by atoms with Gasteiger partial charge in [0.15, 0.2) is 0 Å². The van der Waals surface area contributed by atoms with Crippen LogP contribution in [0.4, 0.5) is 4.79 Å². The first-order valence-corrected chi connectivity index (χ1v) is 7.94. The summed E-state index contributed by atoms with van der Waals surface area (Å²) >= 11 is 3.41. The Morgan fingerprint density at radius 2 is 1.86 bits per heavy atom. The van der Waals surface area contributed by atoms with Crippen LogP contribution in [0.25, 0.3) is 11.3 Å². The molecule has 4 nitrogen and oxygen atoms in total. The summed E-state index contributed by atoms with van der Waals surface area (Å²) < 4.78 is 13.2. The van der Waals surface area contributed by atoms with Gasteiger partial charge in [0, 0.05) is 10.7 Å². The number of benzene rings is 1. The highest BCUT2D eigenvalue weighted by molar-refractivity contribution is 9.10. The van der Waals surface area contributed by atoms with E-state index in [1.807, 2.05) is 58.0 Å². The van der Waals surface area contributed by atoms with Crippen LogP contribution in [0.3, 0.4) is 0 Å². The number of halogens is 1. The lowest BCUT2D eigenvalue weighted by Crippen LogP contribution is -2.27. The van der Waals surface area contributed by atoms with Crippen molar-refractivity contribution in [3.8, 4) is 17.0 Å². The summed E-state index contributed by atoms with van der Waals surface area (Å²) in [4.78, 5) is 12.3. The molecule has 0 aliphatic rings. The molecule has 0 saturated carbocycles. The molecule has 0 saturated heterocycles. The van der Waals surface area contributed by atoms with E-state index in [0.717, 1.165) is 21.5 Å². The van der Waals surface area contributed by atoms with E-state index in [2.05, 4.69) is 15.9 Å². The van der Waals surface area contributed by atoms with Crippen LogP contribution in [0.5, 0.6) is 5.75 Å². The Balaban J connectivity index is 2.33. The van der Waals surface area contributed by atoms with Crippen molar-refractivity contribution in [2.75, 3.05) is 6.61 Å². The van der Waals surface area contributed by atoms with Crippen LogP contribution in [-0.4, -0.2) is 22.9 Å².